The Hall–Kier alpha value is -2.43. The smallest absolute Gasteiger partial charge is 0.165 e. The fourth-order valence-electron chi connectivity index (χ4n) is 3.07. The summed E-state index contributed by atoms with van der Waals surface area (Å²) < 4.78 is 15.0. The van der Waals surface area contributed by atoms with Crippen molar-refractivity contribution in [1.82, 2.24) is 14.6 Å². The van der Waals surface area contributed by atoms with Gasteiger partial charge in [0, 0.05) is 30.4 Å². The standard InChI is InChI=1S/C17H17FN4/c1-12-10-16(21-8-2-3-9-21)22-17(20-12)15(11-19-22)13-4-6-14(18)7-5-13/h4-7,10-11H,2-3,8-9H2,1H3. The highest BCUT2D eigenvalue weighted by molar-refractivity contribution is 5.78. The normalized spacial score (nSPS) is 14.9. The fraction of sp³-hybridized carbons (Fsp3) is 0.294. The lowest BCUT2D eigenvalue weighted by atomic mass is 10.1. The van der Waals surface area contributed by atoms with E-state index in [0.29, 0.717) is 0 Å². The first-order chi connectivity index (χ1) is 10.7. The molecule has 1 fully saturated rings. The van der Waals surface area contributed by atoms with Crippen LogP contribution in [-0.2, 0) is 0 Å². The number of halogens is 1. The molecule has 3 aromatic rings. The minimum atomic E-state index is -0.234. The van der Waals surface area contributed by atoms with Gasteiger partial charge in [0.05, 0.1) is 6.20 Å². The maximum atomic E-state index is 13.1. The Balaban J connectivity index is 1.89. The number of anilines is 1. The van der Waals surface area contributed by atoms with E-state index in [1.54, 1.807) is 12.1 Å². The topological polar surface area (TPSA) is 33.4 Å². The Bertz CT molecular complexity index is 817. The molecule has 0 bridgehead atoms. The SMILES string of the molecule is Cc1cc(N2CCCC2)n2ncc(-c3ccc(F)cc3)c2n1. The minimum absolute atomic E-state index is 0.234. The largest absolute Gasteiger partial charge is 0.356 e. The van der Waals surface area contributed by atoms with Crippen molar-refractivity contribution in [2.75, 3.05) is 18.0 Å². The number of rotatable bonds is 2. The zero-order valence-corrected chi connectivity index (χ0v) is 12.5. The minimum Gasteiger partial charge on any atom is -0.356 e. The van der Waals surface area contributed by atoms with Gasteiger partial charge in [-0.25, -0.2) is 9.37 Å². The molecule has 5 heteroatoms. The zero-order chi connectivity index (χ0) is 15.1. The van der Waals surface area contributed by atoms with Crippen molar-refractivity contribution in [3.8, 4) is 11.1 Å². The van der Waals surface area contributed by atoms with Gasteiger partial charge in [-0.3, -0.25) is 0 Å². The summed E-state index contributed by atoms with van der Waals surface area (Å²) in [5, 5.41) is 4.52. The average Bonchev–Trinajstić information content (AvgIpc) is 3.16. The van der Waals surface area contributed by atoms with Crippen LogP contribution in [0.15, 0.2) is 36.5 Å². The second kappa shape index (κ2) is 5.09. The van der Waals surface area contributed by atoms with Gasteiger partial charge in [-0.1, -0.05) is 12.1 Å². The number of benzene rings is 1. The number of fused-ring (bicyclic) bond motifs is 1. The lowest BCUT2D eigenvalue weighted by Crippen LogP contribution is -2.21. The van der Waals surface area contributed by atoms with Crippen LogP contribution in [0.25, 0.3) is 16.8 Å². The first kappa shape index (κ1) is 13.2. The van der Waals surface area contributed by atoms with Gasteiger partial charge in [0.1, 0.15) is 11.6 Å². The molecule has 0 unspecified atom stereocenters. The van der Waals surface area contributed by atoms with Crippen LogP contribution in [0.1, 0.15) is 18.5 Å². The first-order valence-electron chi connectivity index (χ1n) is 7.59. The van der Waals surface area contributed by atoms with Gasteiger partial charge in [-0.15, -0.1) is 0 Å². The van der Waals surface area contributed by atoms with Gasteiger partial charge in [-0.05, 0) is 37.5 Å². The number of aromatic nitrogens is 3. The average molecular weight is 296 g/mol. The number of hydrogen-bond donors (Lipinski definition) is 0. The molecule has 0 aliphatic carbocycles. The van der Waals surface area contributed by atoms with Gasteiger partial charge in [0.15, 0.2) is 5.65 Å². The molecule has 1 aromatic carbocycles. The Kier molecular flexibility index (Phi) is 3.06. The predicted molar refractivity (Wildman–Crippen MR) is 84.6 cm³/mol. The summed E-state index contributed by atoms with van der Waals surface area (Å²) >= 11 is 0. The molecule has 0 spiro atoms. The van der Waals surface area contributed by atoms with Crippen LogP contribution in [0, 0.1) is 12.7 Å². The lowest BCUT2D eigenvalue weighted by Gasteiger charge is -2.18. The summed E-state index contributed by atoms with van der Waals surface area (Å²) in [7, 11) is 0. The van der Waals surface area contributed by atoms with Crippen LogP contribution in [0.3, 0.4) is 0 Å². The van der Waals surface area contributed by atoms with Gasteiger partial charge in [-0.2, -0.15) is 9.61 Å². The maximum Gasteiger partial charge on any atom is 0.165 e. The van der Waals surface area contributed by atoms with E-state index in [9.17, 15) is 4.39 Å². The molecule has 112 valence electrons. The van der Waals surface area contributed by atoms with Gasteiger partial charge in [0.25, 0.3) is 0 Å². The monoisotopic (exact) mass is 296 g/mol. The highest BCUT2D eigenvalue weighted by Gasteiger charge is 2.18. The third-order valence-corrected chi connectivity index (χ3v) is 4.17. The van der Waals surface area contributed by atoms with Gasteiger partial charge < -0.3 is 4.90 Å². The molecule has 4 rings (SSSR count). The molecule has 0 radical (unpaired) electrons. The molecule has 2 aromatic heterocycles. The van der Waals surface area contributed by atoms with Crippen LogP contribution < -0.4 is 4.90 Å². The van der Waals surface area contributed by atoms with E-state index in [4.69, 9.17) is 0 Å². The highest BCUT2D eigenvalue weighted by atomic mass is 19.1. The third kappa shape index (κ3) is 2.13. The Morgan fingerprint density at radius 1 is 1.09 bits per heavy atom. The van der Waals surface area contributed by atoms with Crippen LogP contribution in [0.4, 0.5) is 10.2 Å². The molecule has 1 saturated heterocycles. The summed E-state index contributed by atoms with van der Waals surface area (Å²) in [4.78, 5) is 7.00. The molecule has 0 N–H and O–H groups in total. The lowest BCUT2D eigenvalue weighted by molar-refractivity contribution is 0.628. The van der Waals surface area contributed by atoms with Gasteiger partial charge >= 0.3 is 0 Å². The Labute approximate surface area is 128 Å². The fourth-order valence-corrected chi connectivity index (χ4v) is 3.07. The molecular formula is C17H17FN4. The molecular weight excluding hydrogens is 279 g/mol. The summed E-state index contributed by atoms with van der Waals surface area (Å²) in [5.74, 6) is 0.857. The van der Waals surface area contributed by atoms with Crippen molar-refractivity contribution in [2.45, 2.75) is 19.8 Å². The second-order valence-corrected chi connectivity index (χ2v) is 5.75. The van der Waals surface area contributed by atoms with Crippen molar-refractivity contribution < 1.29 is 4.39 Å². The molecule has 0 atom stereocenters. The van der Waals surface area contributed by atoms with E-state index < -0.39 is 0 Å². The molecule has 3 heterocycles. The second-order valence-electron chi connectivity index (χ2n) is 5.75. The summed E-state index contributed by atoms with van der Waals surface area (Å²) in [6.07, 6.45) is 4.25. The molecule has 4 nitrogen and oxygen atoms in total. The predicted octanol–water partition coefficient (Wildman–Crippen LogP) is 3.44. The number of nitrogens with zero attached hydrogens (tertiary/aromatic N) is 4. The Morgan fingerprint density at radius 3 is 2.55 bits per heavy atom. The van der Waals surface area contributed by atoms with E-state index in [1.165, 1.54) is 25.0 Å². The van der Waals surface area contributed by atoms with Crippen molar-refractivity contribution in [3.05, 3.63) is 48.0 Å². The van der Waals surface area contributed by atoms with Crippen LogP contribution in [0.2, 0.25) is 0 Å². The van der Waals surface area contributed by atoms with Crippen molar-refractivity contribution in [3.63, 3.8) is 0 Å². The van der Waals surface area contributed by atoms with Crippen LogP contribution in [0.5, 0.6) is 0 Å². The third-order valence-electron chi connectivity index (χ3n) is 4.17. The van der Waals surface area contributed by atoms with E-state index >= 15 is 0 Å². The molecule has 0 amide bonds. The Morgan fingerprint density at radius 2 is 1.82 bits per heavy atom. The first-order valence-corrected chi connectivity index (χ1v) is 7.59. The van der Waals surface area contributed by atoms with Crippen molar-refractivity contribution in [2.24, 2.45) is 0 Å². The quantitative estimate of drug-likeness (QED) is 0.726. The van der Waals surface area contributed by atoms with E-state index in [2.05, 4.69) is 21.0 Å². The molecule has 1 aliphatic rings. The summed E-state index contributed by atoms with van der Waals surface area (Å²) in [6.45, 7) is 4.12. The highest BCUT2D eigenvalue weighted by Crippen LogP contribution is 2.28. The van der Waals surface area contributed by atoms with E-state index in [-0.39, 0.29) is 5.82 Å². The summed E-state index contributed by atoms with van der Waals surface area (Å²) in [5.41, 5.74) is 3.66. The molecule has 0 saturated carbocycles. The summed E-state index contributed by atoms with van der Waals surface area (Å²) in [6, 6.07) is 8.56. The van der Waals surface area contributed by atoms with Crippen LogP contribution in [-0.4, -0.2) is 27.7 Å². The number of aryl methyl sites for hydroxylation is 1. The van der Waals surface area contributed by atoms with Gasteiger partial charge in [0.2, 0.25) is 0 Å². The van der Waals surface area contributed by atoms with E-state index in [0.717, 1.165) is 41.4 Å². The maximum absolute atomic E-state index is 13.1. The van der Waals surface area contributed by atoms with Crippen molar-refractivity contribution in [1.29, 1.82) is 0 Å². The molecule has 22 heavy (non-hydrogen) atoms. The zero-order valence-electron chi connectivity index (χ0n) is 12.5. The molecule has 1 aliphatic heterocycles. The van der Waals surface area contributed by atoms with Crippen LogP contribution >= 0.6 is 0 Å². The van der Waals surface area contributed by atoms with E-state index in [1.807, 2.05) is 17.6 Å². The van der Waals surface area contributed by atoms with Crippen molar-refractivity contribution >= 4 is 11.5 Å². The number of hydrogen-bond acceptors (Lipinski definition) is 3.